The third kappa shape index (κ3) is 2.86. The average Bonchev–Trinajstić information content (AvgIpc) is 3.19. The lowest BCUT2D eigenvalue weighted by Gasteiger charge is -2.29. The third-order valence-corrected chi connectivity index (χ3v) is 5.38. The smallest absolute Gasteiger partial charge is 0.256 e. The van der Waals surface area contributed by atoms with Gasteiger partial charge in [-0.1, -0.05) is 0 Å². The summed E-state index contributed by atoms with van der Waals surface area (Å²) in [4.78, 5) is 28.9. The molecule has 24 heavy (non-hydrogen) atoms. The Labute approximate surface area is 145 Å². The lowest BCUT2D eigenvalue weighted by atomic mass is 10.2. The number of likely N-dealkylation sites (N-methyl/N-ethyl adjacent to an activating group) is 1. The van der Waals surface area contributed by atoms with Crippen LogP contribution in [0.4, 0.5) is 0 Å². The fraction of sp³-hybridized carbons (Fsp3) is 0.500. The highest BCUT2D eigenvalue weighted by atomic mass is 32.2. The van der Waals surface area contributed by atoms with Crippen molar-refractivity contribution in [3.8, 4) is 0 Å². The van der Waals surface area contributed by atoms with E-state index in [1.54, 1.807) is 51.3 Å². The molecule has 8 heteroatoms. The SMILES string of the molecule is Cc1nnc2ccc(C(=O)N3CSC[C@@H]3C(=O)N(C)C(C)C)cn12. The van der Waals surface area contributed by atoms with Gasteiger partial charge in [-0.15, -0.1) is 22.0 Å². The third-order valence-electron chi connectivity index (χ3n) is 4.37. The van der Waals surface area contributed by atoms with Crippen molar-refractivity contribution in [2.75, 3.05) is 18.7 Å². The highest BCUT2D eigenvalue weighted by molar-refractivity contribution is 7.99. The number of carbonyl (C=O) groups excluding carboxylic acids is 2. The quantitative estimate of drug-likeness (QED) is 0.840. The summed E-state index contributed by atoms with van der Waals surface area (Å²) in [6.45, 7) is 5.77. The standard InChI is InChI=1S/C16H21N5O2S/c1-10(2)19(4)16(23)13-8-24-9-21(13)15(22)12-5-6-14-18-17-11(3)20(14)7-12/h5-7,10,13H,8-9H2,1-4H3/t13-/m1/s1. The zero-order valence-electron chi connectivity index (χ0n) is 14.3. The van der Waals surface area contributed by atoms with Gasteiger partial charge in [0.2, 0.25) is 5.91 Å². The second-order valence-electron chi connectivity index (χ2n) is 6.23. The second-order valence-corrected chi connectivity index (χ2v) is 7.23. The summed E-state index contributed by atoms with van der Waals surface area (Å²) in [5, 5.41) is 8.03. The lowest BCUT2D eigenvalue weighted by Crippen LogP contribution is -2.49. The number of rotatable bonds is 3. The Bertz CT molecular complexity index is 788. The Morgan fingerprint density at radius 3 is 2.79 bits per heavy atom. The molecule has 3 rings (SSSR count). The average molecular weight is 347 g/mol. The molecule has 0 saturated carbocycles. The highest BCUT2D eigenvalue weighted by Gasteiger charge is 2.37. The minimum Gasteiger partial charge on any atom is -0.342 e. The fourth-order valence-corrected chi connectivity index (χ4v) is 3.78. The molecule has 1 aliphatic heterocycles. The van der Waals surface area contributed by atoms with E-state index >= 15 is 0 Å². The molecule has 2 aromatic heterocycles. The Hall–Kier alpha value is -2.09. The summed E-state index contributed by atoms with van der Waals surface area (Å²) >= 11 is 1.61. The van der Waals surface area contributed by atoms with Gasteiger partial charge in [0.25, 0.3) is 5.91 Å². The number of nitrogens with zero attached hydrogens (tertiary/aromatic N) is 5. The van der Waals surface area contributed by atoms with Crippen molar-refractivity contribution in [3.63, 3.8) is 0 Å². The molecule has 1 atom stereocenters. The Balaban J connectivity index is 1.87. The summed E-state index contributed by atoms with van der Waals surface area (Å²) in [7, 11) is 1.78. The molecule has 3 heterocycles. The molecule has 2 aromatic rings. The predicted octanol–water partition coefficient (Wildman–Crippen LogP) is 1.42. The maximum atomic E-state index is 12.9. The van der Waals surface area contributed by atoms with Crippen LogP contribution < -0.4 is 0 Å². The van der Waals surface area contributed by atoms with Gasteiger partial charge < -0.3 is 9.80 Å². The van der Waals surface area contributed by atoms with Crippen LogP contribution >= 0.6 is 11.8 Å². The van der Waals surface area contributed by atoms with E-state index in [0.29, 0.717) is 22.8 Å². The van der Waals surface area contributed by atoms with Gasteiger partial charge in [-0.2, -0.15) is 0 Å². The molecule has 1 aliphatic rings. The van der Waals surface area contributed by atoms with E-state index in [-0.39, 0.29) is 17.9 Å². The largest absolute Gasteiger partial charge is 0.342 e. The van der Waals surface area contributed by atoms with Crippen LogP contribution in [0.3, 0.4) is 0 Å². The molecule has 7 nitrogen and oxygen atoms in total. The van der Waals surface area contributed by atoms with Crippen LogP contribution in [0.5, 0.6) is 0 Å². The van der Waals surface area contributed by atoms with E-state index in [4.69, 9.17) is 0 Å². The van der Waals surface area contributed by atoms with Gasteiger partial charge in [0.1, 0.15) is 11.9 Å². The molecule has 0 N–H and O–H groups in total. The summed E-state index contributed by atoms with van der Waals surface area (Å²) in [6.07, 6.45) is 1.74. The van der Waals surface area contributed by atoms with Crippen molar-refractivity contribution >= 4 is 29.2 Å². The molecule has 1 saturated heterocycles. The second kappa shape index (κ2) is 6.43. The predicted molar refractivity (Wildman–Crippen MR) is 92.9 cm³/mol. The van der Waals surface area contributed by atoms with Crippen molar-refractivity contribution in [1.29, 1.82) is 0 Å². The van der Waals surface area contributed by atoms with Gasteiger partial charge in [-0.05, 0) is 32.9 Å². The van der Waals surface area contributed by atoms with Crippen LogP contribution in [0.2, 0.25) is 0 Å². The number of thioether (sulfide) groups is 1. The highest BCUT2D eigenvalue weighted by Crippen LogP contribution is 2.25. The van der Waals surface area contributed by atoms with Crippen LogP contribution in [-0.4, -0.2) is 67.0 Å². The monoisotopic (exact) mass is 347 g/mol. The van der Waals surface area contributed by atoms with Crippen molar-refractivity contribution in [3.05, 3.63) is 29.7 Å². The Morgan fingerprint density at radius 2 is 2.08 bits per heavy atom. The number of hydrogen-bond acceptors (Lipinski definition) is 5. The summed E-state index contributed by atoms with van der Waals surface area (Å²) in [5.41, 5.74) is 1.24. The zero-order chi connectivity index (χ0) is 17.4. The van der Waals surface area contributed by atoms with Crippen molar-refractivity contribution in [2.24, 2.45) is 0 Å². The molecular formula is C16H21N5O2S. The molecule has 0 bridgehead atoms. The molecule has 0 aromatic carbocycles. The molecule has 0 aliphatic carbocycles. The number of amides is 2. The van der Waals surface area contributed by atoms with E-state index in [1.165, 1.54) is 0 Å². The van der Waals surface area contributed by atoms with Gasteiger partial charge in [-0.3, -0.25) is 14.0 Å². The van der Waals surface area contributed by atoms with Gasteiger partial charge >= 0.3 is 0 Å². The van der Waals surface area contributed by atoms with Crippen LogP contribution in [0.1, 0.15) is 30.0 Å². The number of hydrogen-bond donors (Lipinski definition) is 0. The number of fused-ring (bicyclic) bond motifs is 1. The summed E-state index contributed by atoms with van der Waals surface area (Å²) in [6, 6.07) is 3.21. The van der Waals surface area contributed by atoms with Gasteiger partial charge in [0.15, 0.2) is 5.65 Å². The minimum atomic E-state index is -0.410. The topological polar surface area (TPSA) is 70.8 Å². The first-order valence-electron chi connectivity index (χ1n) is 7.87. The molecule has 2 amide bonds. The summed E-state index contributed by atoms with van der Waals surface area (Å²) < 4.78 is 1.79. The fourth-order valence-electron chi connectivity index (χ4n) is 2.63. The number of pyridine rings is 1. The maximum absolute atomic E-state index is 12.9. The Morgan fingerprint density at radius 1 is 1.33 bits per heavy atom. The van der Waals surface area contributed by atoms with Crippen molar-refractivity contribution < 1.29 is 9.59 Å². The van der Waals surface area contributed by atoms with Gasteiger partial charge in [-0.25, -0.2) is 0 Å². The molecule has 0 spiro atoms. The number of aryl methyl sites for hydroxylation is 1. The van der Waals surface area contributed by atoms with Crippen molar-refractivity contribution in [1.82, 2.24) is 24.4 Å². The minimum absolute atomic E-state index is 0.00935. The normalized spacial score (nSPS) is 17.7. The van der Waals surface area contributed by atoms with E-state index in [9.17, 15) is 9.59 Å². The van der Waals surface area contributed by atoms with Gasteiger partial charge in [0.05, 0.1) is 11.4 Å². The first-order chi connectivity index (χ1) is 11.4. The first-order valence-corrected chi connectivity index (χ1v) is 9.02. The zero-order valence-corrected chi connectivity index (χ0v) is 15.1. The number of aromatic nitrogens is 3. The molecule has 1 fully saturated rings. The lowest BCUT2D eigenvalue weighted by molar-refractivity contribution is -0.135. The Kier molecular flexibility index (Phi) is 4.49. The number of carbonyl (C=O) groups is 2. The molecule has 128 valence electrons. The molecule has 0 radical (unpaired) electrons. The maximum Gasteiger partial charge on any atom is 0.256 e. The molecular weight excluding hydrogens is 326 g/mol. The van der Waals surface area contributed by atoms with E-state index in [0.717, 1.165) is 5.82 Å². The molecule has 0 unspecified atom stereocenters. The van der Waals surface area contributed by atoms with Gasteiger partial charge in [0, 0.05) is 25.0 Å². The summed E-state index contributed by atoms with van der Waals surface area (Å²) in [5.74, 6) is 1.74. The van der Waals surface area contributed by atoms with Crippen LogP contribution in [-0.2, 0) is 4.79 Å². The van der Waals surface area contributed by atoms with Crippen LogP contribution in [0.25, 0.3) is 5.65 Å². The van der Waals surface area contributed by atoms with Crippen molar-refractivity contribution in [2.45, 2.75) is 32.9 Å². The van der Waals surface area contributed by atoms with E-state index in [1.807, 2.05) is 20.8 Å². The van der Waals surface area contributed by atoms with E-state index < -0.39 is 6.04 Å². The van der Waals surface area contributed by atoms with Crippen LogP contribution in [0.15, 0.2) is 18.3 Å². The van der Waals surface area contributed by atoms with Crippen LogP contribution in [0, 0.1) is 6.92 Å². The van der Waals surface area contributed by atoms with E-state index in [2.05, 4.69) is 10.2 Å². The first kappa shape index (κ1) is 16.8.